The van der Waals surface area contributed by atoms with E-state index in [9.17, 15) is 9.18 Å². The average Bonchev–Trinajstić information content (AvgIpc) is 3.34. The number of aromatic nitrogens is 5. The van der Waals surface area contributed by atoms with E-state index in [1.807, 2.05) is 29.2 Å². The summed E-state index contributed by atoms with van der Waals surface area (Å²) in [6.07, 6.45) is 5.73. The first-order chi connectivity index (χ1) is 15.7. The molecule has 2 aliphatic rings. The highest BCUT2D eigenvalue weighted by Gasteiger charge is 2.44. The Hall–Kier alpha value is -3.88. The van der Waals surface area contributed by atoms with Crippen molar-refractivity contribution in [3.05, 3.63) is 72.4 Å². The number of rotatable bonds is 3. The summed E-state index contributed by atoms with van der Waals surface area (Å²) in [7, 11) is 0. The molecule has 1 amide bonds. The minimum Gasteiger partial charge on any atom is -0.350 e. The molecule has 2 unspecified atom stereocenters. The van der Waals surface area contributed by atoms with Crippen molar-refractivity contribution in [2.45, 2.75) is 12.5 Å². The summed E-state index contributed by atoms with van der Waals surface area (Å²) in [5.74, 6) is 0.773. The van der Waals surface area contributed by atoms with Gasteiger partial charge in [0.1, 0.15) is 17.3 Å². The van der Waals surface area contributed by atoms with Crippen molar-refractivity contribution >= 4 is 22.8 Å². The number of halogens is 1. The third-order valence-electron chi connectivity index (χ3n) is 6.39. The molecule has 2 aliphatic heterocycles. The highest BCUT2D eigenvalue weighted by atomic mass is 19.1. The van der Waals surface area contributed by atoms with Crippen molar-refractivity contribution in [3.63, 3.8) is 0 Å². The van der Waals surface area contributed by atoms with Crippen LogP contribution < -0.4 is 4.90 Å². The number of carbonyl (C=O) groups is 1. The molecule has 2 aromatic heterocycles. The molecule has 2 saturated heterocycles. The van der Waals surface area contributed by atoms with Gasteiger partial charge in [-0.1, -0.05) is 12.1 Å². The van der Waals surface area contributed by atoms with Gasteiger partial charge in [-0.05, 0) is 30.7 Å². The maximum atomic E-state index is 13.9. The van der Waals surface area contributed by atoms with Gasteiger partial charge in [0.25, 0.3) is 5.91 Å². The second-order valence-electron chi connectivity index (χ2n) is 8.22. The number of likely N-dealkylation sites (tertiary alicyclic amines) is 1. The first-order valence-electron chi connectivity index (χ1n) is 10.6. The van der Waals surface area contributed by atoms with Crippen LogP contribution in [0, 0.1) is 11.7 Å². The number of fused-ring (bicyclic) bond motifs is 2. The minimum absolute atomic E-state index is 0.146. The predicted molar refractivity (Wildman–Crippen MR) is 116 cm³/mol. The number of carbonyl (C=O) groups excluding carboxylic acids is 1. The van der Waals surface area contributed by atoms with E-state index in [4.69, 9.17) is 4.98 Å². The first kappa shape index (κ1) is 18.9. The molecule has 0 bridgehead atoms. The van der Waals surface area contributed by atoms with Crippen LogP contribution in [0.1, 0.15) is 16.8 Å². The maximum absolute atomic E-state index is 13.9. The Morgan fingerprint density at radius 1 is 1.03 bits per heavy atom. The second kappa shape index (κ2) is 7.37. The molecule has 0 aliphatic carbocycles. The van der Waals surface area contributed by atoms with Crippen molar-refractivity contribution in [3.8, 4) is 5.69 Å². The van der Waals surface area contributed by atoms with Crippen LogP contribution in [0.3, 0.4) is 0 Å². The van der Waals surface area contributed by atoms with Gasteiger partial charge in [0.15, 0.2) is 0 Å². The largest absolute Gasteiger partial charge is 0.350 e. The Balaban J connectivity index is 1.26. The molecular weight excluding hydrogens is 409 g/mol. The van der Waals surface area contributed by atoms with Gasteiger partial charge in [-0.25, -0.2) is 9.37 Å². The number of para-hydroxylation sites is 2. The van der Waals surface area contributed by atoms with E-state index in [2.05, 4.69) is 20.1 Å². The molecule has 0 radical (unpaired) electrons. The van der Waals surface area contributed by atoms with E-state index in [0.717, 1.165) is 29.8 Å². The molecule has 2 aromatic carbocycles. The zero-order valence-electron chi connectivity index (χ0n) is 17.2. The maximum Gasteiger partial charge on any atom is 0.256 e. The predicted octanol–water partition coefficient (Wildman–Crippen LogP) is 2.70. The Bertz CT molecular complexity index is 1310. The van der Waals surface area contributed by atoms with Gasteiger partial charge in [-0.2, -0.15) is 15.0 Å². The molecule has 4 aromatic rings. The third-order valence-corrected chi connectivity index (χ3v) is 6.39. The normalized spacial score (nSPS) is 20.2. The molecule has 9 heteroatoms. The van der Waals surface area contributed by atoms with E-state index >= 15 is 0 Å². The molecule has 0 saturated carbocycles. The molecule has 8 nitrogen and oxygen atoms in total. The fraction of sp³-hybridized carbons (Fsp3) is 0.261. The summed E-state index contributed by atoms with van der Waals surface area (Å²) in [4.78, 5) is 28.1. The number of nitrogens with zero attached hydrogens (tertiary/aromatic N) is 7. The van der Waals surface area contributed by atoms with E-state index in [1.165, 1.54) is 35.4 Å². The Morgan fingerprint density at radius 3 is 2.69 bits per heavy atom. The van der Waals surface area contributed by atoms with Crippen LogP contribution in [0.2, 0.25) is 0 Å². The summed E-state index contributed by atoms with van der Waals surface area (Å²) >= 11 is 0. The molecule has 0 N–H and O–H groups in total. The summed E-state index contributed by atoms with van der Waals surface area (Å²) in [5, 5.41) is 8.15. The van der Waals surface area contributed by atoms with E-state index in [1.54, 1.807) is 6.20 Å². The zero-order valence-corrected chi connectivity index (χ0v) is 17.2. The molecule has 2 atom stereocenters. The van der Waals surface area contributed by atoms with Gasteiger partial charge < -0.3 is 9.80 Å². The number of benzene rings is 2. The Morgan fingerprint density at radius 2 is 1.84 bits per heavy atom. The lowest BCUT2D eigenvalue weighted by Gasteiger charge is -2.53. The number of piperidine rings is 1. The van der Waals surface area contributed by atoms with Crippen molar-refractivity contribution in [1.82, 2.24) is 29.9 Å². The molecular formula is C23H20FN7O. The standard InChI is InChI=1S/C23H20FN7O/c24-16-5-6-17(20(11-16)31-26-8-9-27-31)23(32)29-10-7-15-13-30(21(15)14-29)22-12-25-18-3-1-2-4-19(18)28-22/h1-6,8-9,11-12,15,21H,7,10,13-14H2. The number of anilines is 1. The average molecular weight is 429 g/mol. The Labute approximate surface area is 183 Å². The van der Waals surface area contributed by atoms with Crippen LogP contribution in [0.25, 0.3) is 16.7 Å². The van der Waals surface area contributed by atoms with Gasteiger partial charge in [-0.15, -0.1) is 0 Å². The molecule has 0 spiro atoms. The number of hydrogen-bond acceptors (Lipinski definition) is 6. The van der Waals surface area contributed by atoms with E-state index in [0.29, 0.717) is 30.3 Å². The van der Waals surface area contributed by atoms with Crippen LogP contribution in [0.5, 0.6) is 0 Å². The number of amides is 1. The molecule has 4 heterocycles. The van der Waals surface area contributed by atoms with Crippen LogP contribution in [-0.2, 0) is 0 Å². The highest BCUT2D eigenvalue weighted by Crippen LogP contribution is 2.36. The summed E-state index contributed by atoms with van der Waals surface area (Å²) in [6.45, 7) is 2.17. The fourth-order valence-corrected chi connectivity index (χ4v) is 4.69. The van der Waals surface area contributed by atoms with Crippen molar-refractivity contribution in [2.75, 3.05) is 24.5 Å². The van der Waals surface area contributed by atoms with E-state index < -0.39 is 5.82 Å². The van der Waals surface area contributed by atoms with Crippen molar-refractivity contribution < 1.29 is 9.18 Å². The zero-order chi connectivity index (χ0) is 21.7. The molecule has 160 valence electrons. The summed E-state index contributed by atoms with van der Waals surface area (Å²) in [6, 6.07) is 12.1. The van der Waals surface area contributed by atoms with E-state index in [-0.39, 0.29) is 11.9 Å². The lowest BCUT2D eigenvalue weighted by molar-refractivity contribution is 0.0591. The lowest BCUT2D eigenvalue weighted by Crippen LogP contribution is -2.65. The first-order valence-corrected chi connectivity index (χ1v) is 10.6. The quantitative estimate of drug-likeness (QED) is 0.498. The molecule has 2 fully saturated rings. The van der Waals surface area contributed by atoms with Gasteiger partial charge in [-0.3, -0.25) is 9.78 Å². The second-order valence-corrected chi connectivity index (χ2v) is 8.22. The van der Waals surface area contributed by atoms with Gasteiger partial charge in [0, 0.05) is 31.6 Å². The Kier molecular flexibility index (Phi) is 4.34. The van der Waals surface area contributed by atoms with Crippen LogP contribution >= 0.6 is 0 Å². The van der Waals surface area contributed by atoms with Crippen LogP contribution in [-0.4, -0.2) is 61.4 Å². The van der Waals surface area contributed by atoms with Crippen LogP contribution in [0.15, 0.2) is 61.1 Å². The third kappa shape index (κ3) is 3.08. The summed E-state index contributed by atoms with van der Waals surface area (Å²) < 4.78 is 13.9. The van der Waals surface area contributed by atoms with Crippen LogP contribution in [0.4, 0.5) is 10.2 Å². The van der Waals surface area contributed by atoms with Gasteiger partial charge in [0.05, 0.1) is 41.2 Å². The molecule has 6 rings (SSSR count). The number of hydrogen-bond donors (Lipinski definition) is 0. The highest BCUT2D eigenvalue weighted by molar-refractivity contribution is 5.98. The van der Waals surface area contributed by atoms with Crippen molar-refractivity contribution in [1.29, 1.82) is 0 Å². The summed E-state index contributed by atoms with van der Waals surface area (Å²) in [5.41, 5.74) is 2.45. The van der Waals surface area contributed by atoms with Crippen molar-refractivity contribution in [2.24, 2.45) is 5.92 Å². The fourth-order valence-electron chi connectivity index (χ4n) is 4.69. The molecule has 32 heavy (non-hydrogen) atoms. The van der Waals surface area contributed by atoms with Gasteiger partial charge in [0.2, 0.25) is 0 Å². The van der Waals surface area contributed by atoms with Gasteiger partial charge >= 0.3 is 0 Å². The lowest BCUT2D eigenvalue weighted by atomic mass is 9.82. The topological polar surface area (TPSA) is 80.0 Å². The smallest absolute Gasteiger partial charge is 0.256 e. The minimum atomic E-state index is -0.437. The SMILES string of the molecule is O=C(c1ccc(F)cc1-n1nccn1)N1CCC2CN(c3cnc4ccccc4n3)C2C1. The monoisotopic (exact) mass is 429 g/mol.